The summed E-state index contributed by atoms with van der Waals surface area (Å²) in [4.78, 5) is 17.1. The molecule has 138 valence electrons. The number of amides is 1. The van der Waals surface area contributed by atoms with E-state index >= 15 is 0 Å². The van der Waals surface area contributed by atoms with Gasteiger partial charge in [0, 0.05) is 43.9 Å². The van der Waals surface area contributed by atoms with Crippen LogP contribution in [0.4, 0.5) is 0 Å². The smallest absolute Gasteiger partial charge is 0.257 e. The summed E-state index contributed by atoms with van der Waals surface area (Å²) in [5.74, 6) is 0.0302. The average Bonchev–Trinajstić information content (AvgIpc) is 3.19. The van der Waals surface area contributed by atoms with E-state index in [4.69, 9.17) is 11.6 Å². The maximum atomic E-state index is 12.8. The summed E-state index contributed by atoms with van der Waals surface area (Å²) in [6.45, 7) is 4.14. The second kappa shape index (κ2) is 7.94. The Hall–Kier alpha value is -2.63. The second-order valence-electron chi connectivity index (χ2n) is 6.71. The molecule has 1 saturated heterocycles. The van der Waals surface area contributed by atoms with E-state index in [2.05, 4.69) is 34.3 Å². The normalized spacial score (nSPS) is 15.1. The van der Waals surface area contributed by atoms with Crippen molar-refractivity contribution in [2.24, 2.45) is 0 Å². The quantitative estimate of drug-likeness (QED) is 0.695. The molecule has 0 unspecified atom stereocenters. The van der Waals surface area contributed by atoms with Gasteiger partial charge in [-0.2, -0.15) is 5.10 Å². The van der Waals surface area contributed by atoms with Crippen LogP contribution in [0.25, 0.3) is 5.69 Å². The summed E-state index contributed by atoms with van der Waals surface area (Å²) < 4.78 is 1.69. The van der Waals surface area contributed by atoms with Gasteiger partial charge in [-0.25, -0.2) is 4.68 Å². The van der Waals surface area contributed by atoms with Gasteiger partial charge >= 0.3 is 0 Å². The maximum Gasteiger partial charge on any atom is 0.257 e. The van der Waals surface area contributed by atoms with E-state index in [1.165, 1.54) is 5.56 Å². The Morgan fingerprint density at radius 1 is 1.00 bits per heavy atom. The second-order valence-corrected chi connectivity index (χ2v) is 7.14. The predicted molar refractivity (Wildman–Crippen MR) is 106 cm³/mol. The van der Waals surface area contributed by atoms with Gasteiger partial charge in [-0.1, -0.05) is 48.0 Å². The van der Waals surface area contributed by atoms with Crippen LogP contribution in [0.3, 0.4) is 0 Å². The molecule has 0 bridgehead atoms. The summed E-state index contributed by atoms with van der Waals surface area (Å²) in [7, 11) is 0. The van der Waals surface area contributed by atoms with Crippen LogP contribution in [0.5, 0.6) is 0 Å². The lowest BCUT2D eigenvalue weighted by Crippen LogP contribution is -2.48. The first-order valence-electron chi connectivity index (χ1n) is 9.05. The third-order valence-electron chi connectivity index (χ3n) is 4.81. The fourth-order valence-electron chi connectivity index (χ4n) is 3.33. The van der Waals surface area contributed by atoms with Crippen LogP contribution < -0.4 is 0 Å². The van der Waals surface area contributed by atoms with E-state index in [0.717, 1.165) is 38.4 Å². The number of aromatic nitrogens is 2. The first kappa shape index (κ1) is 17.8. The maximum absolute atomic E-state index is 12.8. The third-order valence-corrected chi connectivity index (χ3v) is 5.05. The zero-order valence-electron chi connectivity index (χ0n) is 15.0. The molecule has 0 atom stereocenters. The summed E-state index contributed by atoms with van der Waals surface area (Å²) in [6, 6.07) is 17.9. The van der Waals surface area contributed by atoms with Crippen molar-refractivity contribution in [3.05, 3.63) is 83.1 Å². The standard InChI is InChI=1S/C21H21ClN4O/c22-19-7-4-8-20(13-19)26-16-18(14-23-26)21(27)25-11-9-24(10-12-25)15-17-5-2-1-3-6-17/h1-8,13-14,16H,9-12,15H2. The van der Waals surface area contributed by atoms with E-state index in [1.54, 1.807) is 17.1 Å². The number of carbonyl (C=O) groups is 1. The van der Waals surface area contributed by atoms with E-state index in [9.17, 15) is 4.79 Å². The van der Waals surface area contributed by atoms with Crippen LogP contribution in [-0.4, -0.2) is 51.7 Å². The molecule has 4 rings (SSSR count). The van der Waals surface area contributed by atoms with Gasteiger partial charge in [0.05, 0.1) is 17.4 Å². The van der Waals surface area contributed by atoms with Gasteiger partial charge < -0.3 is 4.90 Å². The highest BCUT2D eigenvalue weighted by Crippen LogP contribution is 2.16. The Kier molecular flexibility index (Phi) is 5.23. The number of hydrogen-bond donors (Lipinski definition) is 0. The van der Waals surface area contributed by atoms with Crippen molar-refractivity contribution in [1.29, 1.82) is 0 Å². The molecule has 1 amide bonds. The van der Waals surface area contributed by atoms with Crippen molar-refractivity contribution >= 4 is 17.5 Å². The van der Waals surface area contributed by atoms with E-state index in [-0.39, 0.29) is 5.91 Å². The highest BCUT2D eigenvalue weighted by atomic mass is 35.5. The van der Waals surface area contributed by atoms with Crippen molar-refractivity contribution in [2.45, 2.75) is 6.54 Å². The van der Waals surface area contributed by atoms with Gasteiger partial charge in [0.25, 0.3) is 5.91 Å². The predicted octanol–water partition coefficient (Wildman–Crippen LogP) is 3.48. The van der Waals surface area contributed by atoms with Crippen molar-refractivity contribution < 1.29 is 4.79 Å². The third kappa shape index (κ3) is 4.21. The molecular formula is C21H21ClN4O. The number of nitrogens with zero attached hydrogens (tertiary/aromatic N) is 4. The van der Waals surface area contributed by atoms with Crippen LogP contribution in [0.1, 0.15) is 15.9 Å². The molecule has 5 nitrogen and oxygen atoms in total. The van der Waals surface area contributed by atoms with Crippen LogP contribution in [0.15, 0.2) is 67.0 Å². The van der Waals surface area contributed by atoms with Gasteiger partial charge in [0.2, 0.25) is 0 Å². The van der Waals surface area contributed by atoms with Gasteiger partial charge in [-0.05, 0) is 23.8 Å². The summed E-state index contributed by atoms with van der Waals surface area (Å²) >= 11 is 6.04. The Bertz CT molecular complexity index is 917. The molecule has 1 aliphatic rings. The van der Waals surface area contributed by atoms with E-state index in [1.807, 2.05) is 35.2 Å². The number of carbonyl (C=O) groups excluding carboxylic acids is 1. The average molecular weight is 381 g/mol. The lowest BCUT2D eigenvalue weighted by Gasteiger charge is -2.34. The van der Waals surface area contributed by atoms with Crippen LogP contribution >= 0.6 is 11.6 Å². The first-order valence-corrected chi connectivity index (χ1v) is 9.43. The van der Waals surface area contributed by atoms with Crippen LogP contribution in [0.2, 0.25) is 5.02 Å². The molecule has 6 heteroatoms. The zero-order chi connectivity index (χ0) is 18.6. The Balaban J connectivity index is 1.37. The molecule has 1 aliphatic heterocycles. The lowest BCUT2D eigenvalue weighted by atomic mass is 10.2. The van der Waals surface area contributed by atoms with E-state index < -0.39 is 0 Å². The van der Waals surface area contributed by atoms with E-state index in [0.29, 0.717) is 10.6 Å². The minimum atomic E-state index is 0.0302. The van der Waals surface area contributed by atoms with Crippen LogP contribution in [-0.2, 0) is 6.54 Å². The monoisotopic (exact) mass is 380 g/mol. The zero-order valence-corrected chi connectivity index (χ0v) is 15.7. The number of rotatable bonds is 4. The molecule has 3 aromatic rings. The molecule has 1 aromatic heterocycles. The molecule has 27 heavy (non-hydrogen) atoms. The molecule has 2 aromatic carbocycles. The fraction of sp³-hybridized carbons (Fsp3) is 0.238. The Morgan fingerprint density at radius 2 is 1.78 bits per heavy atom. The molecule has 0 aliphatic carbocycles. The number of halogens is 1. The van der Waals surface area contributed by atoms with Crippen molar-refractivity contribution in [3.63, 3.8) is 0 Å². The van der Waals surface area contributed by atoms with Gasteiger partial charge in [-0.3, -0.25) is 9.69 Å². The van der Waals surface area contributed by atoms with Gasteiger partial charge in [0.1, 0.15) is 0 Å². The summed E-state index contributed by atoms with van der Waals surface area (Å²) in [5, 5.41) is 4.96. The largest absolute Gasteiger partial charge is 0.336 e. The van der Waals surface area contributed by atoms with Crippen molar-refractivity contribution in [1.82, 2.24) is 19.6 Å². The highest BCUT2D eigenvalue weighted by Gasteiger charge is 2.23. The first-order chi connectivity index (χ1) is 13.2. The molecule has 0 N–H and O–H groups in total. The summed E-state index contributed by atoms with van der Waals surface area (Å²) in [5.41, 5.74) is 2.75. The number of piperazine rings is 1. The van der Waals surface area contributed by atoms with Gasteiger partial charge in [-0.15, -0.1) is 0 Å². The molecule has 1 fully saturated rings. The topological polar surface area (TPSA) is 41.4 Å². The van der Waals surface area contributed by atoms with Gasteiger partial charge in [0.15, 0.2) is 0 Å². The fourth-order valence-corrected chi connectivity index (χ4v) is 3.51. The van der Waals surface area contributed by atoms with Crippen molar-refractivity contribution in [3.8, 4) is 5.69 Å². The minimum Gasteiger partial charge on any atom is -0.336 e. The van der Waals surface area contributed by atoms with Crippen LogP contribution in [0, 0.1) is 0 Å². The Labute approximate surface area is 163 Å². The molecule has 0 radical (unpaired) electrons. The SMILES string of the molecule is O=C(c1cnn(-c2cccc(Cl)c2)c1)N1CCN(Cc2ccccc2)CC1. The van der Waals surface area contributed by atoms with Crippen molar-refractivity contribution in [2.75, 3.05) is 26.2 Å². The lowest BCUT2D eigenvalue weighted by molar-refractivity contribution is 0.0628. The number of benzene rings is 2. The molecule has 0 saturated carbocycles. The minimum absolute atomic E-state index is 0.0302. The molecular weight excluding hydrogens is 360 g/mol. The number of hydrogen-bond acceptors (Lipinski definition) is 3. The molecule has 2 heterocycles. The summed E-state index contributed by atoms with van der Waals surface area (Å²) in [6.07, 6.45) is 3.39. The molecule has 0 spiro atoms. The Morgan fingerprint density at radius 3 is 2.52 bits per heavy atom. The highest BCUT2D eigenvalue weighted by molar-refractivity contribution is 6.30.